The molecule has 132 valence electrons. The van der Waals surface area contributed by atoms with Crippen LogP contribution in [0.4, 0.5) is 10.5 Å². The van der Waals surface area contributed by atoms with E-state index in [-0.39, 0.29) is 23.7 Å². The number of likely N-dealkylation sites (tertiary alicyclic amines) is 1. The van der Waals surface area contributed by atoms with Crippen LogP contribution in [0, 0.1) is 12.8 Å². The Morgan fingerprint density at radius 2 is 1.88 bits per heavy atom. The Bertz CT molecular complexity index is 614. The average molecular weight is 334 g/mol. The highest BCUT2D eigenvalue weighted by atomic mass is 16.6. The molecule has 1 saturated heterocycles. The number of hydrogen-bond donors (Lipinski definition) is 2. The Hall–Kier alpha value is -2.24. The van der Waals surface area contributed by atoms with Crippen LogP contribution >= 0.6 is 0 Å². The van der Waals surface area contributed by atoms with Gasteiger partial charge in [-0.05, 0) is 52.2 Å². The summed E-state index contributed by atoms with van der Waals surface area (Å²) in [6.45, 7) is 8.32. The normalized spacial score (nSPS) is 15.9. The number of rotatable bonds is 2. The van der Waals surface area contributed by atoms with Gasteiger partial charge in [0.25, 0.3) is 0 Å². The molecule has 1 heterocycles. The van der Waals surface area contributed by atoms with Crippen molar-refractivity contribution in [2.45, 2.75) is 46.1 Å². The second-order valence-electron chi connectivity index (χ2n) is 7.23. The Morgan fingerprint density at radius 3 is 2.42 bits per heavy atom. The summed E-state index contributed by atoms with van der Waals surface area (Å²) in [7, 11) is 0. The molecule has 0 atom stereocenters. The molecular formula is C18H26N2O4. The van der Waals surface area contributed by atoms with E-state index in [2.05, 4.69) is 5.32 Å². The van der Waals surface area contributed by atoms with E-state index in [4.69, 9.17) is 4.74 Å². The quantitative estimate of drug-likeness (QED) is 0.870. The molecule has 1 aromatic rings. The number of piperidine rings is 1. The maximum atomic E-state index is 12.3. The molecule has 2 N–H and O–H groups in total. The number of ether oxygens (including phenoxy) is 1. The van der Waals surface area contributed by atoms with Gasteiger partial charge in [-0.1, -0.05) is 6.07 Å². The van der Waals surface area contributed by atoms with Gasteiger partial charge in [-0.2, -0.15) is 0 Å². The van der Waals surface area contributed by atoms with Crippen molar-refractivity contribution in [1.29, 1.82) is 0 Å². The maximum absolute atomic E-state index is 12.3. The fraction of sp³-hybridized carbons (Fsp3) is 0.556. The van der Waals surface area contributed by atoms with E-state index in [1.807, 2.05) is 20.8 Å². The summed E-state index contributed by atoms with van der Waals surface area (Å²) >= 11 is 0. The summed E-state index contributed by atoms with van der Waals surface area (Å²) in [4.78, 5) is 26.0. The number of nitrogens with zero attached hydrogens (tertiary/aromatic N) is 1. The Balaban J connectivity index is 1.86. The van der Waals surface area contributed by atoms with E-state index in [1.54, 1.807) is 30.0 Å². The van der Waals surface area contributed by atoms with E-state index >= 15 is 0 Å². The van der Waals surface area contributed by atoms with Crippen molar-refractivity contribution in [3.63, 3.8) is 0 Å². The van der Waals surface area contributed by atoms with Crippen molar-refractivity contribution in [3.8, 4) is 5.75 Å². The fourth-order valence-corrected chi connectivity index (χ4v) is 2.58. The predicted molar refractivity (Wildman–Crippen MR) is 92.0 cm³/mol. The summed E-state index contributed by atoms with van der Waals surface area (Å²) in [5.41, 5.74) is 0.829. The number of phenols is 1. The highest BCUT2D eigenvalue weighted by Gasteiger charge is 2.29. The van der Waals surface area contributed by atoms with Crippen LogP contribution in [0.15, 0.2) is 18.2 Å². The van der Waals surface area contributed by atoms with Crippen molar-refractivity contribution >= 4 is 17.7 Å². The smallest absolute Gasteiger partial charge is 0.410 e. The maximum Gasteiger partial charge on any atom is 0.410 e. The molecule has 1 fully saturated rings. The predicted octanol–water partition coefficient (Wildman–Crippen LogP) is 3.29. The highest BCUT2D eigenvalue weighted by molar-refractivity contribution is 5.93. The molecule has 6 nitrogen and oxygen atoms in total. The van der Waals surface area contributed by atoms with Gasteiger partial charge in [0, 0.05) is 30.8 Å². The average Bonchev–Trinajstić information content (AvgIpc) is 2.49. The number of carbonyl (C=O) groups is 2. The molecule has 2 amide bonds. The summed E-state index contributed by atoms with van der Waals surface area (Å²) in [6, 6.07) is 5.07. The number of anilines is 1. The molecule has 1 aromatic carbocycles. The minimum absolute atomic E-state index is 0.0814. The first-order valence-corrected chi connectivity index (χ1v) is 8.24. The van der Waals surface area contributed by atoms with E-state index in [1.165, 1.54) is 0 Å². The Morgan fingerprint density at radius 1 is 1.25 bits per heavy atom. The van der Waals surface area contributed by atoms with E-state index in [9.17, 15) is 14.7 Å². The number of phenolic OH excluding ortho intramolecular Hbond substituents is 1. The van der Waals surface area contributed by atoms with Gasteiger partial charge in [-0.3, -0.25) is 4.79 Å². The third-order valence-electron chi connectivity index (χ3n) is 3.99. The van der Waals surface area contributed by atoms with Gasteiger partial charge >= 0.3 is 6.09 Å². The standard InChI is InChI=1S/C18H26N2O4/c1-12-5-6-14(11-15(12)21)19-16(22)13-7-9-20(10-8-13)17(23)24-18(2,3)4/h5-6,11,13,21H,7-10H2,1-4H3,(H,19,22). The molecular weight excluding hydrogens is 308 g/mol. The van der Waals surface area contributed by atoms with Gasteiger partial charge in [0.2, 0.25) is 5.91 Å². The van der Waals surface area contributed by atoms with Gasteiger partial charge in [0.15, 0.2) is 0 Å². The number of carbonyl (C=O) groups excluding carboxylic acids is 2. The number of aryl methyl sites for hydroxylation is 1. The van der Waals surface area contributed by atoms with Crippen molar-refractivity contribution in [2.75, 3.05) is 18.4 Å². The zero-order valence-corrected chi connectivity index (χ0v) is 14.8. The second kappa shape index (κ2) is 7.11. The first-order chi connectivity index (χ1) is 11.2. The van der Waals surface area contributed by atoms with Gasteiger partial charge in [0.1, 0.15) is 11.4 Å². The molecule has 0 saturated carbocycles. The van der Waals surface area contributed by atoms with Crippen LogP contribution in [0.5, 0.6) is 5.75 Å². The lowest BCUT2D eigenvalue weighted by Crippen LogP contribution is -2.43. The number of amides is 2. The van der Waals surface area contributed by atoms with Crippen LogP contribution in [0.1, 0.15) is 39.2 Å². The molecule has 1 aliphatic rings. The summed E-state index contributed by atoms with van der Waals surface area (Å²) in [5.74, 6) is -0.0678. The zero-order chi connectivity index (χ0) is 17.9. The number of hydrogen-bond acceptors (Lipinski definition) is 4. The van der Waals surface area contributed by atoms with Gasteiger partial charge in [0.05, 0.1) is 0 Å². The molecule has 0 bridgehead atoms. The third-order valence-corrected chi connectivity index (χ3v) is 3.99. The SMILES string of the molecule is Cc1ccc(NC(=O)C2CCN(C(=O)OC(C)(C)C)CC2)cc1O. The van der Waals surface area contributed by atoms with E-state index in [0.717, 1.165) is 5.56 Å². The van der Waals surface area contributed by atoms with Crippen LogP contribution in [-0.2, 0) is 9.53 Å². The Labute approximate surface area is 142 Å². The molecule has 1 aliphatic heterocycles. The van der Waals surface area contributed by atoms with Gasteiger partial charge in [-0.25, -0.2) is 4.79 Å². The summed E-state index contributed by atoms with van der Waals surface area (Å²) in [5, 5.41) is 12.5. The fourth-order valence-electron chi connectivity index (χ4n) is 2.58. The van der Waals surface area contributed by atoms with Gasteiger partial charge < -0.3 is 20.1 Å². The topological polar surface area (TPSA) is 78.9 Å². The van der Waals surface area contributed by atoms with Crippen molar-refractivity contribution in [3.05, 3.63) is 23.8 Å². The Kier molecular flexibility index (Phi) is 5.36. The lowest BCUT2D eigenvalue weighted by molar-refractivity contribution is -0.121. The summed E-state index contributed by atoms with van der Waals surface area (Å²) < 4.78 is 5.35. The molecule has 0 aliphatic carbocycles. The van der Waals surface area contributed by atoms with Gasteiger partial charge in [-0.15, -0.1) is 0 Å². The first kappa shape index (κ1) is 18.1. The molecule has 0 radical (unpaired) electrons. The van der Waals surface area contributed by atoms with Crippen LogP contribution in [0.2, 0.25) is 0 Å². The van der Waals surface area contributed by atoms with E-state index < -0.39 is 5.60 Å². The van der Waals surface area contributed by atoms with Crippen LogP contribution in [0.25, 0.3) is 0 Å². The van der Waals surface area contributed by atoms with Crippen LogP contribution in [0.3, 0.4) is 0 Å². The van der Waals surface area contributed by atoms with Crippen molar-refractivity contribution in [1.82, 2.24) is 4.90 Å². The molecule has 0 spiro atoms. The minimum Gasteiger partial charge on any atom is -0.508 e. The van der Waals surface area contributed by atoms with Crippen molar-refractivity contribution in [2.24, 2.45) is 5.92 Å². The van der Waals surface area contributed by atoms with E-state index in [0.29, 0.717) is 31.6 Å². The number of nitrogens with one attached hydrogen (secondary N) is 1. The van der Waals surface area contributed by atoms with Crippen LogP contribution in [-0.4, -0.2) is 40.7 Å². The highest BCUT2D eigenvalue weighted by Crippen LogP contribution is 2.24. The number of benzene rings is 1. The monoisotopic (exact) mass is 334 g/mol. The largest absolute Gasteiger partial charge is 0.508 e. The molecule has 0 unspecified atom stereocenters. The molecule has 24 heavy (non-hydrogen) atoms. The molecule has 0 aromatic heterocycles. The van der Waals surface area contributed by atoms with Crippen molar-refractivity contribution < 1.29 is 19.4 Å². The number of aromatic hydroxyl groups is 1. The lowest BCUT2D eigenvalue weighted by Gasteiger charge is -2.32. The molecule has 2 rings (SSSR count). The lowest BCUT2D eigenvalue weighted by atomic mass is 9.96. The zero-order valence-electron chi connectivity index (χ0n) is 14.8. The molecule has 6 heteroatoms. The third kappa shape index (κ3) is 4.88. The minimum atomic E-state index is -0.515. The summed E-state index contributed by atoms with van der Waals surface area (Å²) in [6.07, 6.45) is 0.871. The first-order valence-electron chi connectivity index (χ1n) is 8.24. The second-order valence-corrected chi connectivity index (χ2v) is 7.23. The van der Waals surface area contributed by atoms with Crippen LogP contribution < -0.4 is 5.32 Å².